The van der Waals surface area contributed by atoms with Gasteiger partial charge in [-0.25, -0.2) is 0 Å². The molecule has 0 radical (unpaired) electrons. The average Bonchev–Trinajstić information content (AvgIpc) is 2.46. The topological polar surface area (TPSA) is 39.7 Å². The van der Waals surface area contributed by atoms with Crippen LogP contribution in [0.1, 0.15) is 25.3 Å². The van der Waals surface area contributed by atoms with Crippen molar-refractivity contribution >= 4 is 11.6 Å². The molecule has 1 aliphatic rings. The molecule has 5 heteroatoms. The normalized spacial score (nSPS) is 17.8. The number of ether oxygens (including phenoxy) is 3. The third kappa shape index (κ3) is 3.37. The van der Waals surface area contributed by atoms with Crippen LogP contribution < -0.4 is 14.8 Å². The first-order chi connectivity index (χ1) is 9.59. The lowest BCUT2D eigenvalue weighted by Crippen LogP contribution is -2.46. The lowest BCUT2D eigenvalue weighted by Gasteiger charge is -2.34. The summed E-state index contributed by atoms with van der Waals surface area (Å²) in [5.41, 5.74) is 1.12. The minimum atomic E-state index is 0.106. The Hall–Kier alpha value is -0.970. The third-order valence-corrected chi connectivity index (χ3v) is 4.28. The molecular formula is C15H22ClNO3. The summed E-state index contributed by atoms with van der Waals surface area (Å²) in [5.74, 6) is 1.24. The van der Waals surface area contributed by atoms with Gasteiger partial charge in [0.05, 0.1) is 19.2 Å². The minimum Gasteiger partial charge on any atom is -0.493 e. The number of methoxy groups -OCH3 is 2. The summed E-state index contributed by atoms with van der Waals surface area (Å²) in [6, 6.07) is 3.85. The summed E-state index contributed by atoms with van der Waals surface area (Å²) >= 11 is 6.39. The highest BCUT2D eigenvalue weighted by atomic mass is 35.5. The molecular weight excluding hydrogens is 278 g/mol. The van der Waals surface area contributed by atoms with Crippen LogP contribution in [0.2, 0.25) is 5.02 Å². The molecule has 4 nitrogen and oxygen atoms in total. The Morgan fingerprint density at radius 1 is 1.25 bits per heavy atom. The molecule has 0 aliphatic carbocycles. The van der Waals surface area contributed by atoms with Crippen LogP contribution in [0.25, 0.3) is 0 Å². The molecule has 2 rings (SSSR count). The van der Waals surface area contributed by atoms with E-state index >= 15 is 0 Å². The van der Waals surface area contributed by atoms with Gasteiger partial charge in [-0.05, 0) is 31.4 Å². The number of hydrogen-bond acceptors (Lipinski definition) is 4. The van der Waals surface area contributed by atoms with E-state index in [4.69, 9.17) is 25.8 Å². The van der Waals surface area contributed by atoms with E-state index < -0.39 is 0 Å². The Morgan fingerprint density at radius 2 is 1.95 bits per heavy atom. The fraction of sp³-hybridized carbons (Fsp3) is 0.600. The molecule has 0 aromatic heterocycles. The second kappa shape index (κ2) is 6.66. The maximum Gasteiger partial charge on any atom is 0.179 e. The zero-order chi connectivity index (χ0) is 14.6. The van der Waals surface area contributed by atoms with E-state index in [-0.39, 0.29) is 5.54 Å². The van der Waals surface area contributed by atoms with Crippen molar-refractivity contribution in [1.29, 1.82) is 0 Å². The maximum atomic E-state index is 6.39. The van der Waals surface area contributed by atoms with Crippen molar-refractivity contribution in [3.8, 4) is 11.5 Å². The zero-order valence-corrected chi connectivity index (χ0v) is 13.0. The fourth-order valence-electron chi connectivity index (χ4n) is 2.37. The molecule has 1 aromatic rings. The van der Waals surface area contributed by atoms with Gasteiger partial charge in [-0.15, -0.1) is 0 Å². The zero-order valence-electron chi connectivity index (χ0n) is 12.3. The van der Waals surface area contributed by atoms with Gasteiger partial charge in [-0.3, -0.25) is 0 Å². The van der Waals surface area contributed by atoms with E-state index in [9.17, 15) is 0 Å². The molecule has 0 atom stereocenters. The molecule has 0 spiro atoms. The van der Waals surface area contributed by atoms with Crippen molar-refractivity contribution < 1.29 is 14.2 Å². The highest BCUT2D eigenvalue weighted by molar-refractivity contribution is 6.33. The van der Waals surface area contributed by atoms with Crippen LogP contribution in [-0.4, -0.2) is 33.0 Å². The fourth-order valence-corrected chi connectivity index (χ4v) is 2.67. The number of rotatable bonds is 5. The molecule has 1 saturated heterocycles. The molecule has 1 aromatic carbocycles. The van der Waals surface area contributed by atoms with Crippen LogP contribution in [-0.2, 0) is 11.3 Å². The minimum absolute atomic E-state index is 0.106. The van der Waals surface area contributed by atoms with Crippen LogP contribution in [0.3, 0.4) is 0 Å². The predicted molar refractivity (Wildman–Crippen MR) is 79.9 cm³/mol. The molecule has 112 valence electrons. The summed E-state index contributed by atoms with van der Waals surface area (Å²) in [5, 5.41) is 4.19. The van der Waals surface area contributed by atoms with Gasteiger partial charge < -0.3 is 19.5 Å². The van der Waals surface area contributed by atoms with Gasteiger partial charge >= 0.3 is 0 Å². The van der Waals surface area contributed by atoms with Crippen molar-refractivity contribution in [3.05, 3.63) is 22.7 Å². The van der Waals surface area contributed by atoms with E-state index in [1.165, 1.54) is 0 Å². The third-order valence-electron chi connectivity index (χ3n) is 3.87. The second-order valence-electron chi connectivity index (χ2n) is 5.30. The van der Waals surface area contributed by atoms with E-state index in [1.807, 2.05) is 12.1 Å². The highest BCUT2D eigenvalue weighted by Gasteiger charge is 2.27. The summed E-state index contributed by atoms with van der Waals surface area (Å²) in [4.78, 5) is 0. The van der Waals surface area contributed by atoms with Crippen LogP contribution in [0.4, 0.5) is 0 Å². The van der Waals surface area contributed by atoms with Crippen LogP contribution in [0.5, 0.6) is 11.5 Å². The molecule has 1 aliphatic heterocycles. The first kappa shape index (κ1) is 15.4. The Labute approximate surface area is 125 Å². The SMILES string of the molecule is COc1ccc(CNC2(C)CCOCC2)c(Cl)c1OC. The molecule has 1 fully saturated rings. The maximum absolute atomic E-state index is 6.39. The van der Waals surface area contributed by atoms with Gasteiger partial charge in [0.15, 0.2) is 11.5 Å². The van der Waals surface area contributed by atoms with Gasteiger partial charge in [0.2, 0.25) is 0 Å². The summed E-state index contributed by atoms with van der Waals surface area (Å²) in [7, 11) is 3.20. The predicted octanol–water partition coefficient (Wildman–Crippen LogP) is 3.02. The van der Waals surface area contributed by atoms with Crippen LogP contribution >= 0.6 is 11.6 Å². The van der Waals surface area contributed by atoms with Gasteiger partial charge in [0.1, 0.15) is 0 Å². The van der Waals surface area contributed by atoms with E-state index in [1.54, 1.807) is 14.2 Å². The highest BCUT2D eigenvalue weighted by Crippen LogP contribution is 2.37. The monoisotopic (exact) mass is 299 g/mol. The van der Waals surface area contributed by atoms with Crippen molar-refractivity contribution in [1.82, 2.24) is 5.32 Å². The Kier molecular flexibility index (Phi) is 5.13. The quantitative estimate of drug-likeness (QED) is 0.907. The van der Waals surface area contributed by atoms with Crippen LogP contribution in [0.15, 0.2) is 12.1 Å². The molecule has 0 bridgehead atoms. The number of nitrogens with one attached hydrogen (secondary N) is 1. The summed E-state index contributed by atoms with van der Waals surface area (Å²) < 4.78 is 16.0. The van der Waals surface area contributed by atoms with E-state index in [0.717, 1.165) is 31.6 Å². The van der Waals surface area contributed by atoms with Crippen molar-refractivity contribution in [3.63, 3.8) is 0 Å². The smallest absolute Gasteiger partial charge is 0.179 e. The van der Waals surface area contributed by atoms with Crippen molar-refractivity contribution in [2.45, 2.75) is 31.8 Å². The van der Waals surface area contributed by atoms with Crippen LogP contribution in [0, 0.1) is 0 Å². The summed E-state index contributed by atoms with van der Waals surface area (Å²) in [6.45, 7) is 4.55. The first-order valence-electron chi connectivity index (χ1n) is 6.82. The second-order valence-corrected chi connectivity index (χ2v) is 5.68. The largest absolute Gasteiger partial charge is 0.493 e. The molecule has 1 N–H and O–H groups in total. The lowest BCUT2D eigenvalue weighted by atomic mass is 9.92. The average molecular weight is 300 g/mol. The Balaban J connectivity index is 2.09. The summed E-state index contributed by atoms with van der Waals surface area (Å²) in [6.07, 6.45) is 2.02. The molecule has 0 unspecified atom stereocenters. The van der Waals surface area contributed by atoms with Crippen molar-refractivity contribution in [2.24, 2.45) is 0 Å². The number of benzene rings is 1. The van der Waals surface area contributed by atoms with E-state index in [0.29, 0.717) is 23.1 Å². The number of halogens is 1. The van der Waals surface area contributed by atoms with Gasteiger partial charge in [0, 0.05) is 25.3 Å². The van der Waals surface area contributed by atoms with E-state index in [2.05, 4.69) is 12.2 Å². The molecule has 0 saturated carbocycles. The lowest BCUT2D eigenvalue weighted by molar-refractivity contribution is 0.0446. The Morgan fingerprint density at radius 3 is 2.55 bits per heavy atom. The molecule has 0 amide bonds. The van der Waals surface area contributed by atoms with Gasteiger partial charge in [-0.1, -0.05) is 17.7 Å². The Bertz CT molecular complexity index is 459. The number of hydrogen-bond donors (Lipinski definition) is 1. The molecule has 1 heterocycles. The molecule has 20 heavy (non-hydrogen) atoms. The van der Waals surface area contributed by atoms with Gasteiger partial charge in [0.25, 0.3) is 0 Å². The van der Waals surface area contributed by atoms with Gasteiger partial charge in [-0.2, -0.15) is 0 Å². The standard InChI is InChI=1S/C15H22ClNO3/c1-15(6-8-20-9-7-15)17-10-11-4-5-12(18-2)14(19-3)13(11)16/h4-5,17H,6-10H2,1-3H3. The first-order valence-corrected chi connectivity index (χ1v) is 7.19. The van der Waals surface area contributed by atoms with Crippen molar-refractivity contribution in [2.75, 3.05) is 27.4 Å².